The second kappa shape index (κ2) is 11.5. The number of rotatable bonds is 5. The lowest BCUT2D eigenvalue weighted by molar-refractivity contribution is -0.0363. The summed E-state index contributed by atoms with van der Waals surface area (Å²) in [7, 11) is 2.16. The fourth-order valence-corrected chi connectivity index (χ4v) is 2.05. The number of morpholine rings is 1. The van der Waals surface area contributed by atoms with Crippen LogP contribution in [0, 0.1) is 11.8 Å². The van der Waals surface area contributed by atoms with Gasteiger partial charge in [0.1, 0.15) is 0 Å². The predicted molar refractivity (Wildman–Crippen MR) is 78.8 cm³/mol. The monoisotopic (exact) mass is 254 g/mol. The molecule has 0 radical (unpaired) electrons. The average molecular weight is 254 g/mol. The van der Waals surface area contributed by atoms with Crippen molar-refractivity contribution in [3.8, 4) is 11.8 Å². The van der Waals surface area contributed by atoms with Gasteiger partial charge in [-0.1, -0.05) is 26.7 Å². The Bertz CT molecular complexity index is 245. The van der Waals surface area contributed by atoms with E-state index in [1.165, 1.54) is 6.42 Å². The molecule has 0 amide bonds. The molecule has 1 unspecified atom stereocenters. The number of nitrogens with zero attached hydrogens (tertiary/aromatic N) is 2. The van der Waals surface area contributed by atoms with Crippen LogP contribution in [0.2, 0.25) is 0 Å². The third-order valence-corrected chi connectivity index (χ3v) is 2.82. The number of ether oxygens (including phenoxy) is 1. The molecule has 0 aliphatic carbocycles. The van der Waals surface area contributed by atoms with E-state index in [9.17, 15) is 0 Å². The molecular formula is C15H30N2O. The molecule has 1 heterocycles. The zero-order chi connectivity index (χ0) is 13.8. The maximum atomic E-state index is 5.77. The second-order valence-electron chi connectivity index (χ2n) is 4.42. The standard InChI is InChI=1S/C13H24N2O.C2H6/c1-4-6-8-15-9-10-16-13(12-15)11-14(3)7-5-2;1-2/h13H,5,7-12H2,1-3H3;1-2H3. The topological polar surface area (TPSA) is 15.7 Å². The Kier molecular flexibility index (Phi) is 11.2. The minimum atomic E-state index is 0.351. The Morgan fingerprint density at radius 3 is 2.72 bits per heavy atom. The molecule has 3 nitrogen and oxygen atoms in total. The van der Waals surface area contributed by atoms with Gasteiger partial charge < -0.3 is 9.64 Å². The van der Waals surface area contributed by atoms with E-state index in [4.69, 9.17) is 4.74 Å². The van der Waals surface area contributed by atoms with E-state index >= 15 is 0 Å². The van der Waals surface area contributed by atoms with Gasteiger partial charge in [-0.05, 0) is 26.9 Å². The van der Waals surface area contributed by atoms with Gasteiger partial charge in [-0.2, -0.15) is 0 Å². The molecule has 0 saturated carbocycles. The van der Waals surface area contributed by atoms with Gasteiger partial charge in [-0.25, -0.2) is 0 Å². The van der Waals surface area contributed by atoms with Crippen LogP contribution in [0.3, 0.4) is 0 Å². The Balaban J connectivity index is 0.00000137. The molecule has 0 aromatic carbocycles. The molecule has 0 spiro atoms. The summed E-state index contributed by atoms with van der Waals surface area (Å²) in [6, 6.07) is 0. The molecular weight excluding hydrogens is 224 g/mol. The first kappa shape index (κ1) is 17.4. The highest BCUT2D eigenvalue weighted by atomic mass is 16.5. The summed E-state index contributed by atoms with van der Waals surface area (Å²) in [4.78, 5) is 4.73. The van der Waals surface area contributed by atoms with Crippen molar-refractivity contribution in [3.63, 3.8) is 0 Å². The highest BCUT2D eigenvalue weighted by Crippen LogP contribution is 2.06. The van der Waals surface area contributed by atoms with Gasteiger partial charge in [0.2, 0.25) is 0 Å². The maximum Gasteiger partial charge on any atom is 0.0829 e. The molecule has 1 atom stereocenters. The highest BCUT2D eigenvalue weighted by molar-refractivity contribution is 4.98. The van der Waals surface area contributed by atoms with Crippen LogP contribution >= 0.6 is 0 Å². The molecule has 0 aromatic rings. The minimum Gasteiger partial charge on any atom is -0.374 e. The van der Waals surface area contributed by atoms with E-state index in [2.05, 4.69) is 35.6 Å². The molecule has 1 saturated heterocycles. The summed E-state index contributed by atoms with van der Waals surface area (Å²) in [5.41, 5.74) is 0. The van der Waals surface area contributed by atoms with E-state index in [1.807, 2.05) is 20.8 Å². The molecule has 1 aliphatic heterocycles. The predicted octanol–water partition coefficient (Wildman–Crippen LogP) is 2.08. The Morgan fingerprint density at radius 1 is 1.39 bits per heavy atom. The van der Waals surface area contributed by atoms with Crippen molar-refractivity contribution in [2.24, 2.45) is 0 Å². The van der Waals surface area contributed by atoms with Gasteiger partial charge in [0.05, 0.1) is 19.3 Å². The second-order valence-corrected chi connectivity index (χ2v) is 4.42. The molecule has 3 heteroatoms. The third-order valence-electron chi connectivity index (χ3n) is 2.82. The molecule has 1 rings (SSSR count). The first-order chi connectivity index (χ1) is 8.76. The molecule has 0 N–H and O–H groups in total. The van der Waals surface area contributed by atoms with Crippen LogP contribution in [-0.2, 0) is 4.74 Å². The van der Waals surface area contributed by atoms with Gasteiger partial charge in [-0.15, -0.1) is 5.92 Å². The van der Waals surface area contributed by atoms with Crippen molar-refractivity contribution < 1.29 is 4.74 Å². The molecule has 1 fully saturated rings. The molecule has 18 heavy (non-hydrogen) atoms. The molecule has 0 aromatic heterocycles. The fraction of sp³-hybridized carbons (Fsp3) is 0.867. The van der Waals surface area contributed by atoms with Crippen LogP contribution in [0.4, 0.5) is 0 Å². The summed E-state index contributed by atoms with van der Waals surface area (Å²) in [6.07, 6.45) is 1.55. The quantitative estimate of drug-likeness (QED) is 0.699. The molecule has 1 aliphatic rings. The van der Waals surface area contributed by atoms with E-state index in [-0.39, 0.29) is 0 Å². The Hall–Kier alpha value is -0.560. The summed E-state index contributed by atoms with van der Waals surface area (Å²) in [5, 5.41) is 0. The third kappa shape index (κ3) is 7.71. The SMILES string of the molecule is CC.CC#CCN1CCOC(CN(C)CCC)C1. The highest BCUT2D eigenvalue weighted by Gasteiger charge is 2.20. The van der Waals surface area contributed by atoms with Crippen molar-refractivity contribution in [3.05, 3.63) is 0 Å². The zero-order valence-corrected chi connectivity index (χ0v) is 12.8. The fourth-order valence-electron chi connectivity index (χ4n) is 2.05. The van der Waals surface area contributed by atoms with Crippen LogP contribution in [0.1, 0.15) is 34.1 Å². The van der Waals surface area contributed by atoms with Crippen LogP contribution in [0.15, 0.2) is 0 Å². The van der Waals surface area contributed by atoms with Crippen LogP contribution in [0.5, 0.6) is 0 Å². The van der Waals surface area contributed by atoms with Crippen LogP contribution in [0.25, 0.3) is 0 Å². The van der Waals surface area contributed by atoms with Crippen molar-refractivity contribution in [1.82, 2.24) is 9.80 Å². The van der Waals surface area contributed by atoms with Crippen molar-refractivity contribution in [2.75, 3.05) is 46.4 Å². The molecule has 0 bridgehead atoms. The summed E-state index contributed by atoms with van der Waals surface area (Å²) in [6.45, 7) is 14.0. The first-order valence-corrected chi connectivity index (χ1v) is 7.18. The average Bonchev–Trinajstić information content (AvgIpc) is 2.39. The van der Waals surface area contributed by atoms with Crippen molar-refractivity contribution >= 4 is 0 Å². The van der Waals surface area contributed by atoms with Crippen molar-refractivity contribution in [1.29, 1.82) is 0 Å². The summed E-state index contributed by atoms with van der Waals surface area (Å²) < 4.78 is 5.77. The van der Waals surface area contributed by atoms with Gasteiger partial charge in [0.15, 0.2) is 0 Å². The van der Waals surface area contributed by atoms with Crippen molar-refractivity contribution in [2.45, 2.75) is 40.2 Å². The first-order valence-electron chi connectivity index (χ1n) is 7.18. The van der Waals surface area contributed by atoms with E-state index in [0.717, 1.165) is 39.3 Å². The minimum absolute atomic E-state index is 0.351. The Labute approximate surface area is 113 Å². The summed E-state index contributed by atoms with van der Waals surface area (Å²) >= 11 is 0. The largest absolute Gasteiger partial charge is 0.374 e. The van der Waals surface area contributed by atoms with Crippen LogP contribution in [-0.4, -0.2) is 62.3 Å². The lowest BCUT2D eigenvalue weighted by atomic mass is 10.2. The van der Waals surface area contributed by atoms with E-state index in [0.29, 0.717) is 6.10 Å². The molecule has 106 valence electrons. The van der Waals surface area contributed by atoms with E-state index < -0.39 is 0 Å². The summed E-state index contributed by atoms with van der Waals surface area (Å²) in [5.74, 6) is 6.07. The normalized spacial score (nSPS) is 19.8. The van der Waals surface area contributed by atoms with E-state index in [1.54, 1.807) is 0 Å². The smallest absolute Gasteiger partial charge is 0.0829 e. The lowest BCUT2D eigenvalue weighted by Gasteiger charge is -2.33. The number of hydrogen-bond donors (Lipinski definition) is 0. The van der Waals surface area contributed by atoms with Crippen LogP contribution < -0.4 is 0 Å². The van der Waals surface area contributed by atoms with Gasteiger partial charge in [0, 0.05) is 19.6 Å². The number of likely N-dealkylation sites (N-methyl/N-ethyl adjacent to an activating group) is 1. The maximum absolute atomic E-state index is 5.77. The van der Waals surface area contributed by atoms with Gasteiger partial charge >= 0.3 is 0 Å². The van der Waals surface area contributed by atoms with Gasteiger partial charge in [-0.3, -0.25) is 4.90 Å². The van der Waals surface area contributed by atoms with Gasteiger partial charge in [0.25, 0.3) is 0 Å². The Morgan fingerprint density at radius 2 is 2.11 bits per heavy atom. The zero-order valence-electron chi connectivity index (χ0n) is 12.8. The lowest BCUT2D eigenvalue weighted by Crippen LogP contribution is -2.47. The number of hydrogen-bond acceptors (Lipinski definition) is 3.